The van der Waals surface area contributed by atoms with Crippen LogP contribution in [0.2, 0.25) is 0 Å². The van der Waals surface area contributed by atoms with Gasteiger partial charge in [0.05, 0.1) is 19.6 Å². The molecule has 9 heteroatoms. The minimum Gasteiger partial charge on any atom is -0.508 e. The first kappa shape index (κ1) is 21.5. The van der Waals surface area contributed by atoms with E-state index in [2.05, 4.69) is 0 Å². The molecule has 1 aromatic heterocycles. The molecule has 0 saturated carbocycles. The molecule has 5 rings (SSSR count). The van der Waals surface area contributed by atoms with E-state index in [4.69, 9.17) is 13.9 Å². The molecule has 9 nitrogen and oxygen atoms in total. The summed E-state index contributed by atoms with van der Waals surface area (Å²) in [6.45, 7) is -0.312. The lowest BCUT2D eigenvalue weighted by Gasteiger charge is -2.18. The topological polar surface area (TPSA) is 150 Å². The zero-order chi connectivity index (χ0) is 24.1. The van der Waals surface area contributed by atoms with E-state index in [9.17, 15) is 30.3 Å². The highest BCUT2D eigenvalue weighted by Crippen LogP contribution is 2.52. The zero-order valence-corrected chi connectivity index (χ0v) is 17.8. The Labute approximate surface area is 192 Å². The zero-order valence-electron chi connectivity index (χ0n) is 17.8. The van der Waals surface area contributed by atoms with Gasteiger partial charge in [-0.25, -0.2) is 0 Å². The normalized spacial score (nSPS) is 16.9. The fourth-order valence-electron chi connectivity index (χ4n) is 4.32. The molecule has 0 saturated heterocycles. The summed E-state index contributed by atoms with van der Waals surface area (Å²) in [5.74, 6) is -1.02. The number of phenols is 4. The minimum atomic E-state index is -0.673. The second-order valence-electron chi connectivity index (χ2n) is 7.99. The number of methoxy groups -OCH3 is 1. The smallest absolute Gasteiger partial charge is 0.197 e. The van der Waals surface area contributed by atoms with Gasteiger partial charge in [-0.05, 0) is 29.8 Å². The average molecular weight is 464 g/mol. The van der Waals surface area contributed by atoms with E-state index in [1.165, 1.54) is 31.4 Å². The molecular formula is C25H20O9. The van der Waals surface area contributed by atoms with Gasteiger partial charge in [0, 0.05) is 29.3 Å². The molecule has 0 spiro atoms. The summed E-state index contributed by atoms with van der Waals surface area (Å²) in [6, 6.07) is 11.1. The van der Waals surface area contributed by atoms with Gasteiger partial charge in [-0.2, -0.15) is 0 Å². The summed E-state index contributed by atoms with van der Waals surface area (Å²) >= 11 is 0. The van der Waals surface area contributed by atoms with E-state index >= 15 is 0 Å². The van der Waals surface area contributed by atoms with Crippen LogP contribution in [-0.2, 0) is 0 Å². The largest absolute Gasteiger partial charge is 0.508 e. The van der Waals surface area contributed by atoms with E-state index in [1.807, 2.05) is 0 Å². The first-order valence-electron chi connectivity index (χ1n) is 10.3. The highest BCUT2D eigenvalue weighted by Gasteiger charge is 2.38. The van der Waals surface area contributed by atoms with Gasteiger partial charge in [0.2, 0.25) is 0 Å². The number of ether oxygens (including phenoxy) is 2. The standard InChI is InChI=1S/C25H20O9/c1-32-21-6-11(2-3-16(21)28)24-15(10-26)14-4-12(5-19(31)25(14)34-24)20-9-18(30)23-17(29)7-13(27)8-22(23)33-20/h2-9,15,24,26-29,31H,10H2,1H3/t15-,24-/m1/s1. The molecule has 0 unspecified atom stereocenters. The second kappa shape index (κ2) is 7.89. The molecular weight excluding hydrogens is 444 g/mol. The van der Waals surface area contributed by atoms with E-state index in [-0.39, 0.29) is 52.1 Å². The maximum atomic E-state index is 12.6. The van der Waals surface area contributed by atoms with Crippen molar-refractivity contribution in [1.82, 2.24) is 0 Å². The Bertz CT molecular complexity index is 1490. The number of phenolic OH excluding ortho intramolecular Hbond substituents is 4. The molecule has 3 aromatic carbocycles. The van der Waals surface area contributed by atoms with Gasteiger partial charge in [0.1, 0.15) is 34.3 Å². The maximum Gasteiger partial charge on any atom is 0.197 e. The van der Waals surface area contributed by atoms with Crippen LogP contribution in [0.4, 0.5) is 0 Å². The summed E-state index contributed by atoms with van der Waals surface area (Å²) in [7, 11) is 1.42. The molecule has 34 heavy (non-hydrogen) atoms. The van der Waals surface area contributed by atoms with Crippen LogP contribution in [0.5, 0.6) is 34.5 Å². The number of hydrogen-bond donors (Lipinski definition) is 5. The van der Waals surface area contributed by atoms with Gasteiger partial charge in [-0.3, -0.25) is 4.79 Å². The van der Waals surface area contributed by atoms with Crippen LogP contribution in [0.15, 0.2) is 57.7 Å². The van der Waals surface area contributed by atoms with Gasteiger partial charge in [0.25, 0.3) is 0 Å². The van der Waals surface area contributed by atoms with E-state index in [0.29, 0.717) is 16.7 Å². The fraction of sp³-hybridized carbons (Fsp3) is 0.160. The number of rotatable bonds is 4. The Hall–Kier alpha value is -4.37. The molecule has 0 amide bonds. The predicted molar refractivity (Wildman–Crippen MR) is 121 cm³/mol. The van der Waals surface area contributed by atoms with Crippen molar-refractivity contribution in [3.63, 3.8) is 0 Å². The molecule has 5 N–H and O–H groups in total. The van der Waals surface area contributed by atoms with Crippen LogP contribution in [0.1, 0.15) is 23.1 Å². The van der Waals surface area contributed by atoms with Crippen molar-refractivity contribution < 1.29 is 39.4 Å². The quantitative estimate of drug-likeness (QED) is 0.306. The Morgan fingerprint density at radius 1 is 0.941 bits per heavy atom. The fourth-order valence-corrected chi connectivity index (χ4v) is 4.32. The monoisotopic (exact) mass is 464 g/mol. The molecule has 0 radical (unpaired) electrons. The first-order valence-corrected chi connectivity index (χ1v) is 10.3. The molecule has 0 bridgehead atoms. The molecule has 0 aliphatic carbocycles. The van der Waals surface area contributed by atoms with Crippen LogP contribution in [0.3, 0.4) is 0 Å². The molecule has 1 aliphatic heterocycles. The summed E-state index contributed by atoms with van der Waals surface area (Å²) in [4.78, 5) is 12.6. The Morgan fingerprint density at radius 3 is 2.47 bits per heavy atom. The number of aromatic hydroxyl groups is 4. The van der Waals surface area contributed by atoms with Crippen molar-refractivity contribution in [1.29, 1.82) is 0 Å². The van der Waals surface area contributed by atoms with Crippen LogP contribution < -0.4 is 14.9 Å². The Balaban J connectivity index is 1.61. The lowest BCUT2D eigenvalue weighted by atomic mass is 9.90. The molecule has 2 heterocycles. The van der Waals surface area contributed by atoms with Crippen LogP contribution in [0, 0.1) is 0 Å². The van der Waals surface area contributed by atoms with E-state index in [1.54, 1.807) is 18.2 Å². The second-order valence-corrected chi connectivity index (χ2v) is 7.99. The molecule has 2 atom stereocenters. The van der Waals surface area contributed by atoms with Crippen molar-refractivity contribution in [2.75, 3.05) is 13.7 Å². The lowest BCUT2D eigenvalue weighted by molar-refractivity contribution is 0.157. The lowest BCUT2D eigenvalue weighted by Crippen LogP contribution is -2.13. The van der Waals surface area contributed by atoms with E-state index in [0.717, 1.165) is 6.07 Å². The van der Waals surface area contributed by atoms with Crippen LogP contribution in [0.25, 0.3) is 22.3 Å². The van der Waals surface area contributed by atoms with Crippen LogP contribution >= 0.6 is 0 Å². The van der Waals surface area contributed by atoms with Crippen molar-refractivity contribution in [3.05, 3.63) is 69.9 Å². The first-order chi connectivity index (χ1) is 16.3. The highest BCUT2D eigenvalue weighted by molar-refractivity contribution is 5.86. The third kappa shape index (κ3) is 3.34. The number of aliphatic hydroxyl groups is 1. The third-order valence-electron chi connectivity index (χ3n) is 5.92. The Kier molecular flexibility index (Phi) is 4.98. The summed E-state index contributed by atoms with van der Waals surface area (Å²) in [5, 5.41) is 50.4. The SMILES string of the molecule is COc1cc([C@H]2Oc3c(O)cc(-c4cc(=O)c5c(O)cc(O)cc5o4)cc3[C@H]2CO)ccc1O. The highest BCUT2D eigenvalue weighted by atomic mass is 16.5. The van der Waals surface area contributed by atoms with E-state index < -0.39 is 23.2 Å². The van der Waals surface area contributed by atoms with Gasteiger partial charge in [-0.1, -0.05) is 6.07 Å². The number of hydrogen-bond acceptors (Lipinski definition) is 9. The van der Waals surface area contributed by atoms with Gasteiger partial charge in [-0.15, -0.1) is 0 Å². The summed E-state index contributed by atoms with van der Waals surface area (Å²) in [5.41, 5.74) is 0.899. The third-order valence-corrected chi connectivity index (χ3v) is 5.92. The van der Waals surface area contributed by atoms with Gasteiger partial charge in [0.15, 0.2) is 28.4 Å². The summed E-state index contributed by atoms with van der Waals surface area (Å²) in [6.07, 6.45) is -0.673. The molecule has 4 aromatic rings. The van der Waals surface area contributed by atoms with Crippen molar-refractivity contribution in [3.8, 4) is 45.8 Å². The number of fused-ring (bicyclic) bond motifs is 2. The average Bonchev–Trinajstić information content (AvgIpc) is 3.17. The predicted octanol–water partition coefficient (Wildman–Crippen LogP) is 3.50. The minimum absolute atomic E-state index is 0.0241. The van der Waals surface area contributed by atoms with Crippen molar-refractivity contribution in [2.24, 2.45) is 0 Å². The molecule has 0 fully saturated rings. The Morgan fingerprint density at radius 2 is 1.74 bits per heavy atom. The number of benzene rings is 3. The van der Waals surface area contributed by atoms with Gasteiger partial charge < -0.3 is 39.4 Å². The van der Waals surface area contributed by atoms with Crippen molar-refractivity contribution in [2.45, 2.75) is 12.0 Å². The summed E-state index contributed by atoms with van der Waals surface area (Å²) < 4.78 is 16.9. The van der Waals surface area contributed by atoms with Crippen LogP contribution in [-0.4, -0.2) is 39.2 Å². The molecule has 1 aliphatic rings. The maximum absolute atomic E-state index is 12.6. The van der Waals surface area contributed by atoms with Gasteiger partial charge >= 0.3 is 0 Å². The molecule has 174 valence electrons. The number of aliphatic hydroxyl groups excluding tert-OH is 1. The van der Waals surface area contributed by atoms with Crippen molar-refractivity contribution >= 4 is 11.0 Å².